The molecule has 0 amide bonds. The predicted octanol–water partition coefficient (Wildman–Crippen LogP) is 1.92. The second-order valence-electron chi connectivity index (χ2n) is 0.887. The Morgan fingerprint density at radius 2 is 2.22 bits per heavy atom. The second kappa shape index (κ2) is 10.6. The third-order valence-corrected chi connectivity index (χ3v) is 0.830. The van der Waals surface area contributed by atoms with E-state index >= 15 is 0 Å². The van der Waals surface area contributed by atoms with Crippen LogP contribution in [0, 0.1) is 5.41 Å². The number of nitrogens with one attached hydrogen (secondary N) is 1. The van der Waals surface area contributed by atoms with Crippen LogP contribution in [0.3, 0.4) is 0 Å². The first-order valence-corrected chi connectivity index (χ1v) is 3.70. The summed E-state index contributed by atoms with van der Waals surface area (Å²) in [7, 11) is -2.03. The van der Waals surface area contributed by atoms with Crippen LogP contribution >= 0.6 is 20.2 Å². The maximum absolute atomic E-state index is 9.66. The third-order valence-electron chi connectivity index (χ3n) is 0.277. The fourth-order valence-corrected chi connectivity index (χ4v) is 0.383. The fourth-order valence-electron chi connectivity index (χ4n) is 0.128. The molecule has 9 heavy (non-hydrogen) atoms. The van der Waals surface area contributed by atoms with Gasteiger partial charge in [-0.1, -0.05) is 0 Å². The number of thiocarbonyl (C=S) groups is 1. The maximum atomic E-state index is 9.66. The van der Waals surface area contributed by atoms with Crippen molar-refractivity contribution in [3.63, 3.8) is 0 Å². The van der Waals surface area contributed by atoms with Gasteiger partial charge in [0.05, 0.1) is 5.16 Å². The smallest absolute Gasteiger partial charge is 0.248 e. The summed E-state index contributed by atoms with van der Waals surface area (Å²) >= 11 is 3.81. The van der Waals surface area contributed by atoms with Gasteiger partial charge in [-0.2, -0.15) is 4.89 Å². The van der Waals surface area contributed by atoms with Crippen molar-refractivity contribution in [1.29, 1.82) is 5.41 Å². The summed E-state index contributed by atoms with van der Waals surface area (Å²) in [4.78, 5) is 7.97. The molecule has 0 fully saturated rings. The van der Waals surface area contributed by atoms with Crippen LogP contribution in [0.4, 0.5) is 0 Å². The van der Waals surface area contributed by atoms with E-state index in [-0.39, 0.29) is 0 Å². The fraction of sp³-hybridized carbons (Fsp3) is 0.250. The molecular formula is C4H7NO2PS+. The van der Waals surface area contributed by atoms with Crippen LogP contribution in [-0.2, 0) is 4.57 Å². The first-order chi connectivity index (χ1) is 4.18. The minimum absolute atomic E-state index is 1.23. The third kappa shape index (κ3) is 35.3. The molecular weight excluding hydrogens is 157 g/mol. The summed E-state index contributed by atoms with van der Waals surface area (Å²) in [6.07, 6.45) is 1.54. The molecule has 0 aromatic rings. The van der Waals surface area contributed by atoms with Crippen LogP contribution in [0.15, 0.2) is 11.9 Å². The zero-order valence-corrected chi connectivity index (χ0v) is 6.58. The van der Waals surface area contributed by atoms with Crippen molar-refractivity contribution in [3.05, 3.63) is 11.9 Å². The van der Waals surface area contributed by atoms with E-state index in [0.717, 1.165) is 0 Å². The topological polar surface area (TPSA) is 61.1 Å². The average molecular weight is 164 g/mol. The van der Waals surface area contributed by atoms with Gasteiger partial charge in [-0.15, -0.1) is 0 Å². The Morgan fingerprint density at radius 1 is 1.89 bits per heavy atom. The van der Waals surface area contributed by atoms with Gasteiger partial charge in [0.15, 0.2) is 5.82 Å². The van der Waals surface area contributed by atoms with E-state index < -0.39 is 8.03 Å². The van der Waals surface area contributed by atoms with Crippen molar-refractivity contribution in [2.75, 3.05) is 0 Å². The van der Waals surface area contributed by atoms with Crippen molar-refractivity contribution in [1.82, 2.24) is 0 Å². The number of hydrogen-bond donors (Lipinski definition) is 2. The van der Waals surface area contributed by atoms with Gasteiger partial charge in [0.2, 0.25) is 0 Å². The molecule has 2 N–H and O–H groups in total. The summed E-state index contributed by atoms with van der Waals surface area (Å²) in [5.41, 5.74) is 0. The van der Waals surface area contributed by atoms with Crippen molar-refractivity contribution < 1.29 is 9.46 Å². The zero-order valence-electron chi connectivity index (χ0n) is 4.87. The molecule has 0 aliphatic rings. The van der Waals surface area contributed by atoms with Crippen LogP contribution in [0.1, 0.15) is 6.92 Å². The Morgan fingerprint density at radius 3 is 2.22 bits per heavy atom. The molecule has 0 radical (unpaired) electrons. The monoisotopic (exact) mass is 164 g/mol. The highest BCUT2D eigenvalue weighted by molar-refractivity contribution is 7.78. The molecule has 0 aliphatic carbocycles. The first kappa shape index (κ1) is 11.4. The molecule has 3 nitrogen and oxygen atoms in total. The van der Waals surface area contributed by atoms with E-state index in [1.807, 2.05) is 0 Å². The van der Waals surface area contributed by atoms with E-state index in [1.165, 1.54) is 5.82 Å². The average Bonchev–Trinajstić information content (AvgIpc) is 1.67. The normalized spacial score (nSPS) is 9.33. The standard InChI is InChI=1S/C3H5O2P.CHNS/c1-2-3-6(4)5;2-1-3/h2-3H,1H3;2H/p+1. The summed E-state index contributed by atoms with van der Waals surface area (Å²) in [5, 5.41) is 7.36. The molecule has 1 unspecified atom stereocenters. The predicted molar refractivity (Wildman–Crippen MR) is 40.0 cm³/mol. The zero-order chi connectivity index (χ0) is 7.70. The molecule has 0 aromatic carbocycles. The van der Waals surface area contributed by atoms with Gasteiger partial charge in [-0.3, -0.25) is 0 Å². The van der Waals surface area contributed by atoms with E-state index in [4.69, 9.17) is 10.3 Å². The molecule has 0 saturated carbocycles. The van der Waals surface area contributed by atoms with Crippen molar-refractivity contribution in [2.24, 2.45) is 0 Å². The Kier molecular flexibility index (Phi) is 13.4. The van der Waals surface area contributed by atoms with Gasteiger partial charge in [0.25, 0.3) is 0 Å². The highest BCUT2D eigenvalue weighted by Crippen LogP contribution is 2.12. The Labute approximate surface area is 59.8 Å². The van der Waals surface area contributed by atoms with Crippen molar-refractivity contribution in [3.8, 4) is 0 Å². The van der Waals surface area contributed by atoms with Gasteiger partial charge in [-0.05, 0) is 29.8 Å². The Hall–Kier alpha value is -0.400. The highest BCUT2D eigenvalue weighted by atomic mass is 32.1. The minimum atomic E-state index is -2.03. The van der Waals surface area contributed by atoms with E-state index in [9.17, 15) is 4.57 Å². The van der Waals surface area contributed by atoms with Gasteiger partial charge in [-0.25, -0.2) is 5.41 Å². The van der Waals surface area contributed by atoms with Crippen LogP contribution in [-0.4, -0.2) is 10.1 Å². The van der Waals surface area contributed by atoms with Gasteiger partial charge in [0, 0.05) is 0 Å². The van der Waals surface area contributed by atoms with Gasteiger partial charge >= 0.3 is 8.03 Å². The first-order valence-electron chi connectivity index (χ1n) is 2.01. The van der Waals surface area contributed by atoms with E-state index in [0.29, 0.717) is 0 Å². The molecule has 0 saturated heterocycles. The minimum Gasteiger partial charge on any atom is -0.248 e. The lowest BCUT2D eigenvalue weighted by molar-refractivity contribution is 0.512. The number of isothiocyanates is 1. The summed E-state index contributed by atoms with van der Waals surface area (Å²) in [5.74, 6) is 1.23. The molecule has 1 atom stereocenters. The second-order valence-corrected chi connectivity index (χ2v) is 1.99. The van der Waals surface area contributed by atoms with Crippen molar-refractivity contribution in [2.45, 2.75) is 6.92 Å². The molecule has 5 heteroatoms. The molecule has 0 aliphatic heterocycles. The van der Waals surface area contributed by atoms with Crippen LogP contribution in [0.5, 0.6) is 0 Å². The molecule has 0 rings (SSSR count). The number of rotatable bonds is 1. The van der Waals surface area contributed by atoms with Crippen LogP contribution in [0.2, 0.25) is 0 Å². The maximum Gasteiger partial charge on any atom is 0.537 e. The van der Waals surface area contributed by atoms with Crippen LogP contribution < -0.4 is 0 Å². The molecule has 0 aromatic heterocycles. The molecule has 0 heterocycles. The number of allylic oxidation sites excluding steroid dienone is 1. The Bertz CT molecular complexity index is 140. The van der Waals surface area contributed by atoms with Gasteiger partial charge < -0.3 is 0 Å². The number of hydrogen-bond acceptors (Lipinski definition) is 3. The Balaban J connectivity index is 0. The van der Waals surface area contributed by atoms with Crippen molar-refractivity contribution >= 4 is 25.4 Å². The van der Waals surface area contributed by atoms with Crippen LogP contribution in [0.25, 0.3) is 0 Å². The van der Waals surface area contributed by atoms with E-state index in [2.05, 4.69) is 12.2 Å². The SMILES string of the molecule is CC=C[P+](=O)O.N=C=S. The lowest BCUT2D eigenvalue weighted by Crippen LogP contribution is -1.41. The summed E-state index contributed by atoms with van der Waals surface area (Å²) in [6.45, 7) is 1.70. The molecule has 0 bridgehead atoms. The quantitative estimate of drug-likeness (QED) is 0.353. The van der Waals surface area contributed by atoms with E-state index in [1.54, 1.807) is 18.2 Å². The lowest BCUT2D eigenvalue weighted by Gasteiger charge is -1.50. The summed E-state index contributed by atoms with van der Waals surface area (Å²) in [6, 6.07) is 0. The highest BCUT2D eigenvalue weighted by Gasteiger charge is 1.96. The van der Waals surface area contributed by atoms with Gasteiger partial charge in [0.1, 0.15) is 0 Å². The molecule has 0 spiro atoms. The molecule has 50 valence electrons. The lowest BCUT2D eigenvalue weighted by atomic mass is 10.8. The largest absolute Gasteiger partial charge is 0.537 e. The summed E-state index contributed by atoms with van der Waals surface area (Å²) < 4.78 is 9.66.